The number of rotatable bonds is 7. The predicted octanol–water partition coefficient (Wildman–Crippen LogP) is 4.23. The highest BCUT2D eigenvalue weighted by Gasteiger charge is 2.27. The van der Waals surface area contributed by atoms with Gasteiger partial charge in [-0.25, -0.2) is 8.42 Å². The van der Waals surface area contributed by atoms with Crippen LogP contribution in [0.5, 0.6) is 5.75 Å². The lowest BCUT2D eigenvalue weighted by Gasteiger charge is -2.26. The van der Waals surface area contributed by atoms with Gasteiger partial charge in [-0.3, -0.25) is 4.79 Å². The second kappa shape index (κ2) is 9.81. The van der Waals surface area contributed by atoms with Crippen molar-refractivity contribution in [1.82, 2.24) is 9.62 Å². The number of benzene rings is 2. The fourth-order valence-corrected chi connectivity index (χ4v) is 5.08. The SMILES string of the molecule is CC(C)Oc1ccc(CNC(=O)c2cc(S(=O)(=O)N3CCCCC3)ccc2Cl)cc1. The fourth-order valence-electron chi connectivity index (χ4n) is 3.33. The van der Waals surface area contributed by atoms with Crippen LogP contribution in [0.1, 0.15) is 49.0 Å². The van der Waals surface area contributed by atoms with Crippen molar-refractivity contribution in [2.75, 3.05) is 13.1 Å². The van der Waals surface area contributed by atoms with Crippen LogP contribution >= 0.6 is 11.6 Å². The number of amides is 1. The van der Waals surface area contributed by atoms with E-state index in [1.165, 1.54) is 22.5 Å². The minimum Gasteiger partial charge on any atom is -0.491 e. The third-order valence-corrected chi connectivity index (χ3v) is 7.11. The van der Waals surface area contributed by atoms with Crippen molar-refractivity contribution in [2.24, 2.45) is 0 Å². The van der Waals surface area contributed by atoms with Crippen molar-refractivity contribution in [3.05, 3.63) is 58.6 Å². The first-order chi connectivity index (χ1) is 14.3. The lowest BCUT2D eigenvalue weighted by Crippen LogP contribution is -2.35. The van der Waals surface area contributed by atoms with Gasteiger partial charge < -0.3 is 10.1 Å². The van der Waals surface area contributed by atoms with Crippen LogP contribution in [-0.2, 0) is 16.6 Å². The largest absolute Gasteiger partial charge is 0.491 e. The predicted molar refractivity (Wildman–Crippen MR) is 117 cm³/mol. The number of carbonyl (C=O) groups excluding carboxylic acids is 1. The van der Waals surface area contributed by atoms with Crippen molar-refractivity contribution in [2.45, 2.75) is 50.7 Å². The maximum absolute atomic E-state index is 12.9. The Balaban J connectivity index is 1.70. The van der Waals surface area contributed by atoms with Crippen LogP contribution < -0.4 is 10.1 Å². The van der Waals surface area contributed by atoms with Crippen LogP contribution in [0, 0.1) is 0 Å². The standard InChI is InChI=1S/C22H27ClN2O4S/c1-16(2)29-18-8-6-17(7-9-18)15-24-22(26)20-14-19(10-11-21(20)23)30(27,28)25-12-4-3-5-13-25/h6-11,14,16H,3-5,12-13,15H2,1-2H3,(H,24,26). The van der Waals surface area contributed by atoms with Crippen LogP contribution in [0.2, 0.25) is 5.02 Å². The maximum atomic E-state index is 12.9. The lowest BCUT2D eigenvalue weighted by atomic mass is 10.2. The van der Waals surface area contributed by atoms with Crippen LogP contribution in [0.25, 0.3) is 0 Å². The topological polar surface area (TPSA) is 75.7 Å². The Morgan fingerprint density at radius 3 is 2.40 bits per heavy atom. The van der Waals surface area contributed by atoms with Crippen LogP contribution in [0.4, 0.5) is 0 Å². The smallest absolute Gasteiger partial charge is 0.253 e. The Labute approximate surface area is 183 Å². The molecule has 1 aliphatic heterocycles. The first-order valence-corrected chi connectivity index (χ1v) is 11.9. The molecule has 0 aromatic heterocycles. The van der Waals surface area contributed by atoms with Gasteiger partial charge in [-0.05, 0) is 62.6 Å². The molecule has 2 aromatic rings. The first-order valence-electron chi connectivity index (χ1n) is 10.1. The molecule has 0 unspecified atom stereocenters. The van der Waals surface area contributed by atoms with Gasteiger partial charge in [-0.1, -0.05) is 30.2 Å². The summed E-state index contributed by atoms with van der Waals surface area (Å²) in [5, 5.41) is 3.02. The van der Waals surface area contributed by atoms with E-state index >= 15 is 0 Å². The number of hydrogen-bond acceptors (Lipinski definition) is 4. The van der Waals surface area contributed by atoms with Gasteiger partial charge in [0.15, 0.2) is 0 Å². The molecular weight excluding hydrogens is 424 g/mol. The molecule has 0 aliphatic carbocycles. The number of nitrogens with one attached hydrogen (secondary N) is 1. The monoisotopic (exact) mass is 450 g/mol. The molecule has 2 aromatic carbocycles. The summed E-state index contributed by atoms with van der Waals surface area (Å²) in [4.78, 5) is 12.8. The van der Waals surface area contributed by atoms with E-state index in [4.69, 9.17) is 16.3 Å². The number of halogens is 1. The highest BCUT2D eigenvalue weighted by molar-refractivity contribution is 7.89. The molecule has 30 heavy (non-hydrogen) atoms. The molecule has 0 spiro atoms. The van der Waals surface area contributed by atoms with E-state index in [1.54, 1.807) is 0 Å². The van der Waals surface area contributed by atoms with Crippen LogP contribution in [0.3, 0.4) is 0 Å². The van der Waals surface area contributed by atoms with Crippen molar-refractivity contribution in [3.63, 3.8) is 0 Å². The van der Waals surface area contributed by atoms with Gasteiger partial charge in [0.2, 0.25) is 10.0 Å². The lowest BCUT2D eigenvalue weighted by molar-refractivity contribution is 0.0951. The molecule has 1 amide bonds. The number of nitrogens with zero attached hydrogens (tertiary/aromatic N) is 1. The summed E-state index contributed by atoms with van der Waals surface area (Å²) in [5.41, 5.74) is 1.04. The van der Waals surface area contributed by atoms with Gasteiger partial charge in [-0.15, -0.1) is 0 Å². The Kier molecular flexibility index (Phi) is 7.39. The van der Waals surface area contributed by atoms with Gasteiger partial charge in [0.05, 0.1) is 21.6 Å². The second-order valence-corrected chi connectivity index (χ2v) is 9.94. The van der Waals surface area contributed by atoms with Crippen LogP contribution in [0.15, 0.2) is 47.4 Å². The third-order valence-electron chi connectivity index (χ3n) is 4.88. The normalized spacial score (nSPS) is 15.2. The van der Waals surface area contributed by atoms with E-state index in [2.05, 4.69) is 5.32 Å². The zero-order valence-corrected chi connectivity index (χ0v) is 18.8. The van der Waals surface area contributed by atoms with Crippen molar-refractivity contribution < 1.29 is 17.9 Å². The van der Waals surface area contributed by atoms with Crippen molar-refractivity contribution in [3.8, 4) is 5.75 Å². The number of piperidine rings is 1. The fraction of sp³-hybridized carbons (Fsp3) is 0.409. The molecule has 162 valence electrons. The number of sulfonamides is 1. The van der Waals surface area contributed by atoms with Crippen molar-refractivity contribution in [1.29, 1.82) is 0 Å². The Bertz CT molecular complexity index is 985. The molecule has 0 saturated carbocycles. The minimum atomic E-state index is -3.64. The molecule has 1 fully saturated rings. The molecule has 8 heteroatoms. The summed E-state index contributed by atoms with van der Waals surface area (Å²) in [6.45, 7) is 5.21. The molecule has 3 rings (SSSR count). The molecular formula is C22H27ClN2O4S. The van der Waals surface area contributed by atoms with Crippen LogP contribution in [-0.4, -0.2) is 37.8 Å². The van der Waals surface area contributed by atoms with Gasteiger partial charge in [0.1, 0.15) is 5.75 Å². The van der Waals surface area contributed by atoms with E-state index in [1.807, 2.05) is 38.1 Å². The zero-order chi connectivity index (χ0) is 21.7. The van der Waals surface area contributed by atoms with E-state index in [9.17, 15) is 13.2 Å². The quantitative estimate of drug-likeness (QED) is 0.684. The molecule has 1 aliphatic rings. The van der Waals surface area contributed by atoms with E-state index in [0.717, 1.165) is 30.6 Å². The van der Waals surface area contributed by atoms with Gasteiger partial charge in [-0.2, -0.15) is 4.31 Å². The first kappa shape index (κ1) is 22.6. The minimum absolute atomic E-state index is 0.0891. The maximum Gasteiger partial charge on any atom is 0.253 e. The van der Waals surface area contributed by atoms with E-state index < -0.39 is 15.9 Å². The van der Waals surface area contributed by atoms with E-state index in [0.29, 0.717) is 19.6 Å². The second-order valence-electron chi connectivity index (χ2n) is 7.60. The van der Waals surface area contributed by atoms with Gasteiger partial charge >= 0.3 is 0 Å². The molecule has 0 radical (unpaired) electrons. The highest BCUT2D eigenvalue weighted by Crippen LogP contribution is 2.25. The number of ether oxygens (including phenoxy) is 1. The summed E-state index contributed by atoms with van der Waals surface area (Å²) in [6.07, 6.45) is 2.82. The summed E-state index contributed by atoms with van der Waals surface area (Å²) < 4.78 is 32.9. The average molecular weight is 451 g/mol. The van der Waals surface area contributed by atoms with E-state index in [-0.39, 0.29) is 21.6 Å². The Hall–Kier alpha value is -2.09. The highest BCUT2D eigenvalue weighted by atomic mass is 35.5. The molecule has 0 atom stereocenters. The molecule has 0 bridgehead atoms. The Morgan fingerprint density at radius 2 is 1.77 bits per heavy atom. The summed E-state index contributed by atoms with van der Waals surface area (Å²) in [7, 11) is -3.64. The summed E-state index contributed by atoms with van der Waals surface area (Å²) in [5.74, 6) is 0.344. The van der Waals surface area contributed by atoms with Crippen molar-refractivity contribution >= 4 is 27.5 Å². The number of hydrogen-bond donors (Lipinski definition) is 1. The Morgan fingerprint density at radius 1 is 1.10 bits per heavy atom. The zero-order valence-electron chi connectivity index (χ0n) is 17.2. The summed E-state index contributed by atoms with van der Waals surface area (Å²) >= 11 is 6.19. The molecule has 1 saturated heterocycles. The van der Waals surface area contributed by atoms with Gasteiger partial charge in [0.25, 0.3) is 5.91 Å². The molecule has 6 nitrogen and oxygen atoms in total. The molecule has 1 N–H and O–H groups in total. The third kappa shape index (κ3) is 5.53. The number of carbonyl (C=O) groups is 1. The molecule has 1 heterocycles. The average Bonchev–Trinajstić information content (AvgIpc) is 2.73. The van der Waals surface area contributed by atoms with Gasteiger partial charge in [0, 0.05) is 19.6 Å². The summed E-state index contributed by atoms with van der Waals surface area (Å²) in [6, 6.07) is 11.7.